The highest BCUT2D eigenvalue weighted by molar-refractivity contribution is 5.32. The molecule has 146 valence electrons. The number of morpholine rings is 1. The molecule has 0 spiro atoms. The summed E-state index contributed by atoms with van der Waals surface area (Å²) in [4.78, 5) is 2.18. The Morgan fingerprint density at radius 2 is 1.85 bits per heavy atom. The first-order chi connectivity index (χ1) is 13.2. The first-order valence-corrected chi connectivity index (χ1v) is 9.19. The van der Waals surface area contributed by atoms with Crippen molar-refractivity contribution in [2.75, 3.05) is 46.6 Å². The number of β-amino-alcohol motifs (C(OH)–C–C–N with tert-alkyl or cyclic N) is 1. The zero-order valence-electron chi connectivity index (χ0n) is 15.6. The van der Waals surface area contributed by atoms with Crippen molar-refractivity contribution in [1.29, 1.82) is 0 Å². The molecule has 1 heterocycles. The van der Waals surface area contributed by atoms with Crippen molar-refractivity contribution in [3.8, 4) is 17.2 Å². The van der Waals surface area contributed by atoms with Gasteiger partial charge in [0.1, 0.15) is 42.7 Å². The van der Waals surface area contributed by atoms with Crippen LogP contribution in [0.15, 0.2) is 54.6 Å². The van der Waals surface area contributed by atoms with Gasteiger partial charge in [-0.2, -0.15) is 0 Å². The molecule has 27 heavy (non-hydrogen) atoms. The number of hydrogen-bond acceptors (Lipinski definition) is 6. The number of benzene rings is 2. The van der Waals surface area contributed by atoms with Gasteiger partial charge in [-0.15, -0.1) is 0 Å². The summed E-state index contributed by atoms with van der Waals surface area (Å²) in [5, 5.41) is 10.3. The summed E-state index contributed by atoms with van der Waals surface area (Å²) in [6.07, 6.45) is -0.588. The number of hydrogen-bond donors (Lipinski definition) is 1. The van der Waals surface area contributed by atoms with E-state index in [1.165, 1.54) is 0 Å². The highest BCUT2D eigenvalue weighted by Crippen LogP contribution is 2.19. The minimum Gasteiger partial charge on any atom is -0.497 e. The molecule has 0 radical (unpaired) electrons. The van der Waals surface area contributed by atoms with Gasteiger partial charge in [0.25, 0.3) is 0 Å². The predicted molar refractivity (Wildman–Crippen MR) is 103 cm³/mol. The molecule has 6 heteroatoms. The molecule has 0 aliphatic carbocycles. The Morgan fingerprint density at radius 3 is 2.67 bits per heavy atom. The van der Waals surface area contributed by atoms with Crippen LogP contribution < -0.4 is 14.2 Å². The maximum absolute atomic E-state index is 10.3. The molecule has 1 aliphatic rings. The molecule has 1 saturated heterocycles. The highest BCUT2D eigenvalue weighted by atomic mass is 16.5. The molecule has 0 amide bonds. The summed E-state index contributed by atoms with van der Waals surface area (Å²) in [7, 11) is 1.63. The molecular weight excluding hydrogens is 346 g/mol. The second-order valence-electron chi connectivity index (χ2n) is 6.52. The van der Waals surface area contributed by atoms with Crippen LogP contribution in [0.1, 0.15) is 0 Å². The van der Waals surface area contributed by atoms with Gasteiger partial charge >= 0.3 is 0 Å². The molecule has 2 aromatic carbocycles. The van der Waals surface area contributed by atoms with Crippen LogP contribution >= 0.6 is 0 Å². The third kappa shape index (κ3) is 6.43. The van der Waals surface area contributed by atoms with E-state index in [0.29, 0.717) is 26.3 Å². The third-order valence-electron chi connectivity index (χ3n) is 4.35. The Kier molecular flexibility index (Phi) is 7.33. The number of aliphatic hydroxyl groups is 1. The van der Waals surface area contributed by atoms with E-state index in [-0.39, 0.29) is 12.7 Å². The van der Waals surface area contributed by atoms with E-state index in [2.05, 4.69) is 4.90 Å². The van der Waals surface area contributed by atoms with Gasteiger partial charge in [0.05, 0.1) is 13.7 Å². The van der Waals surface area contributed by atoms with E-state index in [9.17, 15) is 5.11 Å². The second-order valence-corrected chi connectivity index (χ2v) is 6.52. The van der Waals surface area contributed by atoms with Gasteiger partial charge < -0.3 is 24.1 Å². The maximum Gasteiger partial charge on any atom is 0.123 e. The lowest BCUT2D eigenvalue weighted by Crippen LogP contribution is -2.48. The summed E-state index contributed by atoms with van der Waals surface area (Å²) in [5.74, 6) is 2.29. The van der Waals surface area contributed by atoms with Gasteiger partial charge in [0.2, 0.25) is 0 Å². The van der Waals surface area contributed by atoms with Gasteiger partial charge in [-0.1, -0.05) is 24.3 Å². The van der Waals surface area contributed by atoms with Crippen molar-refractivity contribution in [1.82, 2.24) is 4.90 Å². The molecular formula is C21H27NO5. The number of ether oxygens (including phenoxy) is 4. The fourth-order valence-electron chi connectivity index (χ4n) is 2.99. The van der Waals surface area contributed by atoms with Crippen molar-refractivity contribution >= 4 is 0 Å². The summed E-state index contributed by atoms with van der Waals surface area (Å²) < 4.78 is 22.4. The van der Waals surface area contributed by atoms with Gasteiger partial charge in [0.15, 0.2) is 0 Å². The lowest BCUT2D eigenvalue weighted by Gasteiger charge is -2.33. The standard InChI is InChI=1S/C21H27NO5/c1-24-19-8-5-9-20(12-19)27-16-21-14-22(10-11-25-21)13-17(23)15-26-18-6-3-2-4-7-18/h2-9,12,17,21,23H,10-11,13-16H2,1H3/t17-,21-/m1/s1. The lowest BCUT2D eigenvalue weighted by atomic mass is 10.2. The largest absolute Gasteiger partial charge is 0.497 e. The first kappa shape index (κ1) is 19.5. The minimum atomic E-state index is -0.553. The van der Waals surface area contributed by atoms with Crippen molar-refractivity contribution in [3.63, 3.8) is 0 Å². The Hall–Kier alpha value is -2.28. The molecule has 0 unspecified atom stereocenters. The fraction of sp³-hybridized carbons (Fsp3) is 0.429. The lowest BCUT2D eigenvalue weighted by molar-refractivity contribution is -0.0601. The number of nitrogens with zero attached hydrogens (tertiary/aromatic N) is 1. The minimum absolute atomic E-state index is 0.0350. The van der Waals surface area contributed by atoms with Crippen LogP contribution in [-0.4, -0.2) is 68.8 Å². The molecule has 1 aliphatic heterocycles. The van der Waals surface area contributed by atoms with E-state index in [0.717, 1.165) is 23.8 Å². The fourth-order valence-corrected chi connectivity index (χ4v) is 2.99. The summed E-state index contributed by atoms with van der Waals surface area (Å²) in [6.45, 7) is 3.40. The molecule has 1 fully saturated rings. The van der Waals surface area contributed by atoms with Crippen LogP contribution in [0.3, 0.4) is 0 Å². The van der Waals surface area contributed by atoms with Crippen molar-refractivity contribution < 1.29 is 24.1 Å². The molecule has 6 nitrogen and oxygen atoms in total. The molecule has 1 N–H and O–H groups in total. The molecule has 0 bridgehead atoms. The first-order valence-electron chi connectivity index (χ1n) is 9.19. The summed E-state index contributed by atoms with van der Waals surface area (Å²) in [6, 6.07) is 17.0. The molecule has 3 rings (SSSR count). The number of methoxy groups -OCH3 is 1. The Bertz CT molecular complexity index is 681. The monoisotopic (exact) mass is 373 g/mol. The molecule has 2 aromatic rings. The van der Waals surface area contributed by atoms with E-state index in [1.807, 2.05) is 54.6 Å². The quantitative estimate of drug-likeness (QED) is 0.727. The van der Waals surface area contributed by atoms with Crippen LogP contribution in [0.5, 0.6) is 17.2 Å². The topological polar surface area (TPSA) is 60.4 Å². The Labute approximate surface area is 160 Å². The second kappa shape index (κ2) is 10.2. The zero-order chi connectivity index (χ0) is 18.9. The third-order valence-corrected chi connectivity index (χ3v) is 4.35. The summed E-state index contributed by atoms with van der Waals surface area (Å²) in [5.41, 5.74) is 0. The zero-order valence-corrected chi connectivity index (χ0v) is 15.6. The van der Waals surface area contributed by atoms with Gasteiger partial charge in [0, 0.05) is 25.7 Å². The van der Waals surface area contributed by atoms with E-state index < -0.39 is 6.10 Å². The maximum atomic E-state index is 10.3. The van der Waals surface area contributed by atoms with Crippen LogP contribution in [0, 0.1) is 0 Å². The van der Waals surface area contributed by atoms with Gasteiger partial charge in [-0.3, -0.25) is 4.90 Å². The van der Waals surface area contributed by atoms with E-state index in [4.69, 9.17) is 18.9 Å². The SMILES string of the molecule is COc1cccc(OC[C@H]2CN(C[C@@H](O)COc3ccccc3)CCO2)c1. The van der Waals surface area contributed by atoms with Crippen molar-refractivity contribution in [2.45, 2.75) is 12.2 Å². The van der Waals surface area contributed by atoms with E-state index in [1.54, 1.807) is 7.11 Å². The molecule has 0 saturated carbocycles. The molecule has 2 atom stereocenters. The van der Waals surface area contributed by atoms with Gasteiger partial charge in [-0.05, 0) is 24.3 Å². The van der Waals surface area contributed by atoms with E-state index >= 15 is 0 Å². The Balaban J connectivity index is 1.40. The average molecular weight is 373 g/mol. The van der Waals surface area contributed by atoms with Crippen molar-refractivity contribution in [3.05, 3.63) is 54.6 Å². The normalized spacial score (nSPS) is 18.7. The van der Waals surface area contributed by atoms with Crippen LogP contribution in [-0.2, 0) is 4.74 Å². The smallest absolute Gasteiger partial charge is 0.123 e. The number of rotatable bonds is 9. The number of para-hydroxylation sites is 1. The van der Waals surface area contributed by atoms with Crippen LogP contribution in [0.4, 0.5) is 0 Å². The predicted octanol–water partition coefficient (Wildman–Crippen LogP) is 2.21. The van der Waals surface area contributed by atoms with Crippen LogP contribution in [0.2, 0.25) is 0 Å². The number of aliphatic hydroxyl groups excluding tert-OH is 1. The highest BCUT2D eigenvalue weighted by Gasteiger charge is 2.23. The summed E-state index contributed by atoms with van der Waals surface area (Å²) >= 11 is 0. The van der Waals surface area contributed by atoms with Crippen LogP contribution in [0.25, 0.3) is 0 Å². The average Bonchev–Trinajstić information content (AvgIpc) is 2.72. The Morgan fingerprint density at radius 1 is 1.07 bits per heavy atom. The van der Waals surface area contributed by atoms with Gasteiger partial charge in [-0.25, -0.2) is 0 Å². The van der Waals surface area contributed by atoms with Crippen molar-refractivity contribution in [2.24, 2.45) is 0 Å². The molecule has 0 aromatic heterocycles.